The van der Waals surface area contributed by atoms with Crippen molar-refractivity contribution in [1.82, 2.24) is 4.90 Å². The van der Waals surface area contributed by atoms with Crippen molar-refractivity contribution in [2.24, 2.45) is 0 Å². The monoisotopic (exact) mass is 303 g/mol. The highest BCUT2D eigenvalue weighted by molar-refractivity contribution is 5.46. The van der Waals surface area contributed by atoms with Gasteiger partial charge in [0.25, 0.3) is 0 Å². The number of benzene rings is 1. The van der Waals surface area contributed by atoms with Crippen LogP contribution in [0, 0.1) is 0 Å². The van der Waals surface area contributed by atoms with Crippen molar-refractivity contribution in [3.63, 3.8) is 0 Å². The van der Waals surface area contributed by atoms with Gasteiger partial charge in [0.1, 0.15) is 0 Å². The van der Waals surface area contributed by atoms with E-state index in [9.17, 15) is 13.9 Å². The minimum atomic E-state index is -2.91. The fourth-order valence-electron chi connectivity index (χ4n) is 2.19. The molecule has 0 heterocycles. The van der Waals surface area contributed by atoms with E-state index in [1.807, 2.05) is 4.90 Å². The van der Waals surface area contributed by atoms with Gasteiger partial charge in [0.05, 0.1) is 12.2 Å². The molecule has 0 aliphatic heterocycles. The molecule has 6 heteroatoms. The molecule has 21 heavy (non-hydrogen) atoms. The summed E-state index contributed by atoms with van der Waals surface area (Å²) < 4.78 is 35.1. The molecule has 0 atom stereocenters. The van der Waals surface area contributed by atoms with Crippen molar-refractivity contribution in [3.05, 3.63) is 23.8 Å². The Balaban J connectivity index is 2.96. The van der Waals surface area contributed by atoms with Gasteiger partial charge in [-0.3, -0.25) is 4.90 Å². The Morgan fingerprint density at radius 3 is 2.52 bits per heavy atom. The second-order valence-electron chi connectivity index (χ2n) is 5.54. The lowest BCUT2D eigenvalue weighted by atomic mass is 10.1. The third-order valence-electron chi connectivity index (χ3n) is 2.66. The lowest BCUT2D eigenvalue weighted by Gasteiger charge is -2.26. The summed E-state index contributed by atoms with van der Waals surface area (Å²) >= 11 is 0. The average molecular weight is 303 g/mol. The van der Waals surface area contributed by atoms with Crippen LogP contribution in [0.2, 0.25) is 0 Å². The second kappa shape index (κ2) is 7.56. The Hall–Kier alpha value is -1.40. The van der Waals surface area contributed by atoms with Gasteiger partial charge in [0.2, 0.25) is 0 Å². The predicted octanol–water partition coefficient (Wildman–Crippen LogP) is 2.89. The molecule has 0 radical (unpaired) electrons. The summed E-state index contributed by atoms with van der Waals surface area (Å²) in [4.78, 5) is 1.84. The van der Waals surface area contributed by atoms with E-state index in [4.69, 9.17) is 4.74 Å². The van der Waals surface area contributed by atoms with Crippen LogP contribution in [0.25, 0.3) is 0 Å². The molecule has 4 nitrogen and oxygen atoms in total. The van der Waals surface area contributed by atoms with E-state index in [1.165, 1.54) is 0 Å². The van der Waals surface area contributed by atoms with E-state index >= 15 is 0 Å². The highest BCUT2D eigenvalue weighted by atomic mass is 19.3. The molecule has 0 spiro atoms. The fraction of sp³-hybridized carbons (Fsp3) is 0.600. The van der Waals surface area contributed by atoms with Gasteiger partial charge >= 0.3 is 6.61 Å². The predicted molar refractivity (Wildman–Crippen MR) is 76.9 cm³/mol. The second-order valence-corrected chi connectivity index (χ2v) is 5.54. The molecule has 0 bridgehead atoms. The number of nitrogens with zero attached hydrogens (tertiary/aromatic N) is 1. The van der Waals surface area contributed by atoms with Crippen molar-refractivity contribution < 1.29 is 23.4 Å². The number of aliphatic hydroxyl groups is 1. The first-order valence-corrected chi connectivity index (χ1v) is 6.83. The van der Waals surface area contributed by atoms with Gasteiger partial charge in [-0.2, -0.15) is 8.78 Å². The van der Waals surface area contributed by atoms with Crippen molar-refractivity contribution in [2.75, 3.05) is 20.2 Å². The number of para-hydroxylation sites is 1. The molecule has 0 aliphatic carbocycles. The molecule has 1 N–H and O–H groups in total. The third kappa shape index (κ3) is 6.27. The summed E-state index contributed by atoms with van der Waals surface area (Å²) in [6.07, 6.45) is 0. The Bertz CT molecular complexity index is 447. The maximum absolute atomic E-state index is 12.6. The lowest BCUT2D eigenvalue weighted by molar-refractivity contribution is -0.0525. The number of hydrogen-bond acceptors (Lipinski definition) is 4. The molecule has 1 aromatic rings. The fourth-order valence-corrected chi connectivity index (χ4v) is 2.19. The highest BCUT2D eigenvalue weighted by Crippen LogP contribution is 2.33. The van der Waals surface area contributed by atoms with Crippen LogP contribution < -0.4 is 9.47 Å². The maximum Gasteiger partial charge on any atom is 0.387 e. The molecule has 1 aromatic carbocycles. The molecule has 120 valence electrons. The summed E-state index contributed by atoms with van der Waals surface area (Å²) in [5.41, 5.74) is -0.274. The summed E-state index contributed by atoms with van der Waals surface area (Å²) in [5.74, 6) is 0.351. The van der Waals surface area contributed by atoms with Gasteiger partial charge in [0, 0.05) is 18.7 Å². The van der Waals surface area contributed by atoms with E-state index in [2.05, 4.69) is 4.74 Å². The van der Waals surface area contributed by atoms with E-state index in [-0.39, 0.29) is 5.75 Å². The largest absolute Gasteiger partial charge is 0.490 e. The molecule has 0 aromatic heterocycles. The van der Waals surface area contributed by atoms with Gasteiger partial charge in [-0.05, 0) is 33.9 Å². The Morgan fingerprint density at radius 1 is 1.33 bits per heavy atom. The summed E-state index contributed by atoms with van der Waals surface area (Å²) in [6, 6.07) is 5.04. The summed E-state index contributed by atoms with van der Waals surface area (Å²) in [5, 5.41) is 9.80. The third-order valence-corrected chi connectivity index (χ3v) is 2.66. The zero-order chi connectivity index (χ0) is 16.0. The van der Waals surface area contributed by atoms with Gasteiger partial charge < -0.3 is 14.6 Å². The first-order valence-electron chi connectivity index (χ1n) is 6.83. The molecule has 0 unspecified atom stereocenters. The van der Waals surface area contributed by atoms with Crippen LogP contribution in [0.15, 0.2) is 18.2 Å². The molecule has 0 fully saturated rings. The molecule has 0 saturated carbocycles. The molecule has 0 saturated heterocycles. The number of alkyl halides is 2. The number of rotatable bonds is 8. The van der Waals surface area contributed by atoms with Gasteiger partial charge in [0.15, 0.2) is 11.5 Å². The standard InChI is InChI=1S/C15H23F2NO3/c1-5-20-12-8-6-7-11(13(12)21-14(16)17)9-18(4)10-15(2,3)19/h6-8,14,19H,5,9-10H2,1-4H3. The molecular formula is C15H23F2NO3. The van der Waals surface area contributed by atoms with Crippen LogP contribution in [0.4, 0.5) is 8.78 Å². The van der Waals surface area contributed by atoms with Crippen LogP contribution >= 0.6 is 0 Å². The van der Waals surface area contributed by atoms with Gasteiger partial charge in [-0.15, -0.1) is 0 Å². The van der Waals surface area contributed by atoms with Crippen LogP contribution in [0.1, 0.15) is 26.3 Å². The zero-order valence-electron chi connectivity index (χ0n) is 12.9. The first kappa shape index (κ1) is 17.7. The Kier molecular flexibility index (Phi) is 6.36. The minimum absolute atomic E-state index is 0.0527. The van der Waals surface area contributed by atoms with E-state index in [1.54, 1.807) is 46.0 Å². The van der Waals surface area contributed by atoms with E-state index in [0.717, 1.165) is 0 Å². The van der Waals surface area contributed by atoms with Crippen LogP contribution in [0.3, 0.4) is 0 Å². The van der Waals surface area contributed by atoms with Crippen molar-refractivity contribution >= 4 is 0 Å². The average Bonchev–Trinajstić information content (AvgIpc) is 2.30. The topological polar surface area (TPSA) is 41.9 Å². The lowest BCUT2D eigenvalue weighted by Crippen LogP contribution is -2.35. The van der Waals surface area contributed by atoms with Crippen LogP contribution in [-0.4, -0.2) is 42.4 Å². The minimum Gasteiger partial charge on any atom is -0.490 e. The summed E-state index contributed by atoms with van der Waals surface area (Å²) in [7, 11) is 1.80. The normalized spacial score (nSPS) is 12.0. The van der Waals surface area contributed by atoms with Crippen LogP contribution in [-0.2, 0) is 6.54 Å². The zero-order valence-corrected chi connectivity index (χ0v) is 12.9. The van der Waals surface area contributed by atoms with Gasteiger partial charge in [-0.1, -0.05) is 12.1 Å². The molecular weight excluding hydrogens is 280 g/mol. The van der Waals surface area contributed by atoms with Crippen molar-refractivity contribution in [1.29, 1.82) is 0 Å². The Morgan fingerprint density at radius 2 is 2.00 bits per heavy atom. The molecule has 1 rings (SSSR count). The number of ether oxygens (including phenoxy) is 2. The summed E-state index contributed by atoms with van der Waals surface area (Å²) in [6.45, 7) is 3.38. The molecule has 0 amide bonds. The van der Waals surface area contributed by atoms with Crippen molar-refractivity contribution in [3.8, 4) is 11.5 Å². The number of halogens is 2. The first-order chi connectivity index (χ1) is 9.73. The van der Waals surface area contributed by atoms with E-state index < -0.39 is 12.2 Å². The quantitative estimate of drug-likeness (QED) is 0.802. The maximum atomic E-state index is 12.6. The number of hydrogen-bond donors (Lipinski definition) is 1. The van der Waals surface area contributed by atoms with Crippen LogP contribution in [0.5, 0.6) is 11.5 Å². The molecule has 0 aliphatic rings. The SMILES string of the molecule is CCOc1cccc(CN(C)CC(C)(C)O)c1OC(F)F. The Labute approximate surface area is 124 Å². The van der Waals surface area contributed by atoms with Gasteiger partial charge in [-0.25, -0.2) is 0 Å². The number of likely N-dealkylation sites (N-methyl/N-ethyl adjacent to an activating group) is 1. The highest BCUT2D eigenvalue weighted by Gasteiger charge is 2.20. The van der Waals surface area contributed by atoms with Crippen molar-refractivity contribution in [2.45, 2.75) is 39.5 Å². The van der Waals surface area contributed by atoms with E-state index in [0.29, 0.717) is 31.0 Å². The smallest absolute Gasteiger partial charge is 0.387 e.